The fourth-order valence-electron chi connectivity index (χ4n) is 2.21. The summed E-state index contributed by atoms with van der Waals surface area (Å²) < 4.78 is 38.4. The Bertz CT molecular complexity index is 513. The summed E-state index contributed by atoms with van der Waals surface area (Å²) >= 11 is 0. The molecule has 20 heavy (non-hydrogen) atoms. The number of nitro groups is 1. The van der Waals surface area contributed by atoms with Crippen LogP contribution in [0.1, 0.15) is 31.7 Å². The predicted octanol–water partition coefficient (Wildman–Crippen LogP) is 4.21. The van der Waals surface area contributed by atoms with Crippen LogP contribution in [0.3, 0.4) is 0 Å². The van der Waals surface area contributed by atoms with Gasteiger partial charge in [-0.15, -0.1) is 0 Å². The van der Waals surface area contributed by atoms with Crippen LogP contribution in [0.25, 0.3) is 0 Å². The highest BCUT2D eigenvalue weighted by atomic mass is 19.4. The van der Waals surface area contributed by atoms with E-state index in [-0.39, 0.29) is 11.7 Å². The summed E-state index contributed by atoms with van der Waals surface area (Å²) in [6.45, 7) is 1.90. The van der Waals surface area contributed by atoms with Gasteiger partial charge in [0.1, 0.15) is 5.56 Å². The lowest BCUT2D eigenvalue weighted by molar-refractivity contribution is -0.388. The van der Waals surface area contributed by atoms with E-state index in [1.54, 1.807) is 0 Å². The summed E-state index contributed by atoms with van der Waals surface area (Å²) in [5.74, 6) is 0.651. The van der Waals surface area contributed by atoms with E-state index < -0.39 is 22.4 Å². The molecule has 0 aromatic heterocycles. The molecule has 0 aliphatic heterocycles. The third-order valence-electron chi connectivity index (χ3n) is 3.30. The third-order valence-corrected chi connectivity index (χ3v) is 3.30. The summed E-state index contributed by atoms with van der Waals surface area (Å²) in [6.07, 6.45) is -1.50. The molecule has 1 aromatic rings. The Morgan fingerprint density at radius 3 is 2.60 bits per heavy atom. The summed E-state index contributed by atoms with van der Waals surface area (Å²) in [5.41, 5.74) is -1.87. The minimum atomic E-state index is -4.74. The maximum atomic E-state index is 12.8. The molecule has 1 saturated carbocycles. The van der Waals surface area contributed by atoms with Crippen LogP contribution < -0.4 is 5.32 Å². The molecule has 1 aliphatic carbocycles. The van der Waals surface area contributed by atoms with Crippen molar-refractivity contribution in [2.75, 3.05) is 5.32 Å². The molecule has 2 rings (SSSR count). The van der Waals surface area contributed by atoms with E-state index >= 15 is 0 Å². The van der Waals surface area contributed by atoms with Gasteiger partial charge in [0.15, 0.2) is 0 Å². The van der Waals surface area contributed by atoms with Crippen LogP contribution >= 0.6 is 0 Å². The molecule has 1 unspecified atom stereocenters. The first-order chi connectivity index (χ1) is 9.27. The molecule has 1 aliphatic rings. The standard InChI is InChI=1S/C13H15F3N2O2/c1-8(6-9-2-3-9)17-10-4-5-12(18(19)20)11(7-10)13(14,15)16/h4-5,7-9,17H,2-3,6H2,1H3. The first-order valence-electron chi connectivity index (χ1n) is 6.39. The number of hydrogen-bond donors (Lipinski definition) is 1. The molecule has 0 saturated heterocycles. The zero-order chi connectivity index (χ0) is 14.9. The number of nitrogens with one attached hydrogen (secondary N) is 1. The number of anilines is 1. The van der Waals surface area contributed by atoms with E-state index in [0.717, 1.165) is 18.6 Å². The largest absolute Gasteiger partial charge is 0.423 e. The first kappa shape index (κ1) is 14.6. The van der Waals surface area contributed by atoms with Crippen molar-refractivity contribution in [1.29, 1.82) is 0 Å². The van der Waals surface area contributed by atoms with Crippen molar-refractivity contribution in [3.8, 4) is 0 Å². The smallest absolute Gasteiger partial charge is 0.383 e. The molecule has 1 atom stereocenters. The number of rotatable bonds is 5. The summed E-state index contributed by atoms with van der Waals surface area (Å²) in [7, 11) is 0. The number of benzene rings is 1. The lowest BCUT2D eigenvalue weighted by Gasteiger charge is -2.16. The lowest BCUT2D eigenvalue weighted by Crippen LogP contribution is -2.17. The van der Waals surface area contributed by atoms with Crippen molar-refractivity contribution < 1.29 is 18.1 Å². The van der Waals surface area contributed by atoms with Crippen molar-refractivity contribution >= 4 is 11.4 Å². The Hall–Kier alpha value is -1.79. The molecule has 0 heterocycles. The van der Waals surface area contributed by atoms with E-state index in [1.165, 1.54) is 18.9 Å². The van der Waals surface area contributed by atoms with Gasteiger partial charge in [0, 0.05) is 17.8 Å². The van der Waals surface area contributed by atoms with Crippen LogP contribution in [0.2, 0.25) is 0 Å². The molecule has 0 radical (unpaired) electrons. The Morgan fingerprint density at radius 1 is 1.45 bits per heavy atom. The van der Waals surface area contributed by atoms with Gasteiger partial charge in [-0.05, 0) is 31.4 Å². The van der Waals surface area contributed by atoms with Crippen molar-refractivity contribution in [1.82, 2.24) is 0 Å². The normalized spacial score (nSPS) is 16.8. The molecule has 0 bridgehead atoms. The van der Waals surface area contributed by atoms with Gasteiger partial charge in [0.25, 0.3) is 5.69 Å². The zero-order valence-corrected chi connectivity index (χ0v) is 10.9. The maximum absolute atomic E-state index is 12.8. The number of halogens is 3. The molecule has 110 valence electrons. The SMILES string of the molecule is CC(CC1CC1)Nc1ccc([N+](=O)[O-])c(C(F)(F)F)c1. The Balaban J connectivity index is 2.20. The van der Waals surface area contributed by atoms with Gasteiger partial charge in [-0.25, -0.2) is 0 Å². The van der Waals surface area contributed by atoms with Crippen molar-refractivity contribution in [2.45, 2.75) is 38.4 Å². The van der Waals surface area contributed by atoms with Crippen LogP contribution in [-0.4, -0.2) is 11.0 Å². The second-order valence-electron chi connectivity index (χ2n) is 5.21. The van der Waals surface area contributed by atoms with Crippen molar-refractivity contribution in [3.05, 3.63) is 33.9 Å². The highest BCUT2D eigenvalue weighted by Gasteiger charge is 2.38. The van der Waals surface area contributed by atoms with E-state index in [2.05, 4.69) is 5.32 Å². The second kappa shape index (κ2) is 5.30. The Labute approximate surface area is 114 Å². The zero-order valence-electron chi connectivity index (χ0n) is 10.9. The number of nitrogens with zero attached hydrogens (tertiary/aromatic N) is 1. The summed E-state index contributed by atoms with van der Waals surface area (Å²) in [6, 6.07) is 3.07. The van der Waals surface area contributed by atoms with Gasteiger partial charge in [0.2, 0.25) is 0 Å². The van der Waals surface area contributed by atoms with Crippen molar-refractivity contribution in [3.63, 3.8) is 0 Å². The molecular weight excluding hydrogens is 273 g/mol. The third kappa shape index (κ3) is 3.61. The fourth-order valence-corrected chi connectivity index (χ4v) is 2.21. The lowest BCUT2D eigenvalue weighted by atomic mass is 10.1. The Kier molecular flexibility index (Phi) is 3.87. The molecule has 7 heteroatoms. The van der Waals surface area contributed by atoms with Gasteiger partial charge in [0.05, 0.1) is 4.92 Å². The topological polar surface area (TPSA) is 55.2 Å². The summed E-state index contributed by atoms with van der Waals surface area (Å²) in [4.78, 5) is 9.63. The molecule has 4 nitrogen and oxygen atoms in total. The average Bonchev–Trinajstić information content (AvgIpc) is 3.11. The van der Waals surface area contributed by atoms with E-state index in [0.29, 0.717) is 5.92 Å². The molecule has 0 spiro atoms. The van der Waals surface area contributed by atoms with Gasteiger partial charge >= 0.3 is 6.18 Å². The van der Waals surface area contributed by atoms with Crippen LogP contribution in [0.5, 0.6) is 0 Å². The molecular formula is C13H15F3N2O2. The minimum absolute atomic E-state index is 0.0463. The number of nitro benzene ring substituents is 1. The number of hydrogen-bond acceptors (Lipinski definition) is 3. The maximum Gasteiger partial charge on any atom is 0.423 e. The van der Waals surface area contributed by atoms with Gasteiger partial charge < -0.3 is 5.32 Å². The predicted molar refractivity (Wildman–Crippen MR) is 68.5 cm³/mol. The quantitative estimate of drug-likeness (QED) is 0.652. The van der Waals surface area contributed by atoms with Crippen LogP contribution in [0.4, 0.5) is 24.5 Å². The minimum Gasteiger partial charge on any atom is -0.383 e. The average molecular weight is 288 g/mol. The van der Waals surface area contributed by atoms with Crippen LogP contribution in [-0.2, 0) is 6.18 Å². The molecule has 1 fully saturated rings. The number of alkyl halides is 3. The monoisotopic (exact) mass is 288 g/mol. The summed E-state index contributed by atoms with van der Waals surface area (Å²) in [5, 5.41) is 13.6. The van der Waals surface area contributed by atoms with Gasteiger partial charge in [-0.3, -0.25) is 10.1 Å². The van der Waals surface area contributed by atoms with Crippen LogP contribution in [0.15, 0.2) is 18.2 Å². The van der Waals surface area contributed by atoms with Crippen LogP contribution in [0, 0.1) is 16.0 Å². The fraction of sp³-hybridized carbons (Fsp3) is 0.538. The van der Waals surface area contributed by atoms with Gasteiger partial charge in [-0.1, -0.05) is 12.8 Å². The second-order valence-corrected chi connectivity index (χ2v) is 5.21. The molecule has 0 amide bonds. The molecule has 1 aromatic carbocycles. The molecule has 1 N–H and O–H groups in total. The highest BCUT2D eigenvalue weighted by Crippen LogP contribution is 2.38. The van der Waals surface area contributed by atoms with E-state index in [1.807, 2.05) is 6.92 Å². The van der Waals surface area contributed by atoms with E-state index in [9.17, 15) is 23.3 Å². The van der Waals surface area contributed by atoms with Gasteiger partial charge in [-0.2, -0.15) is 13.2 Å². The Morgan fingerprint density at radius 2 is 2.10 bits per heavy atom. The van der Waals surface area contributed by atoms with Crippen molar-refractivity contribution in [2.24, 2.45) is 5.92 Å². The van der Waals surface area contributed by atoms with E-state index in [4.69, 9.17) is 0 Å². The first-order valence-corrected chi connectivity index (χ1v) is 6.39. The highest BCUT2D eigenvalue weighted by molar-refractivity contribution is 5.55.